The third-order valence-corrected chi connectivity index (χ3v) is 11.3. The molecule has 7 atom stereocenters. The fourth-order valence-corrected chi connectivity index (χ4v) is 8.14. The van der Waals surface area contributed by atoms with Crippen molar-refractivity contribution in [2.75, 3.05) is 18.9 Å². The van der Waals surface area contributed by atoms with Gasteiger partial charge in [0.2, 0.25) is 5.60 Å². The van der Waals surface area contributed by atoms with Crippen molar-refractivity contribution in [3.8, 4) is 6.07 Å². The van der Waals surface area contributed by atoms with Gasteiger partial charge in [0.15, 0.2) is 18.0 Å². The van der Waals surface area contributed by atoms with Crippen LogP contribution in [-0.4, -0.2) is 87.7 Å². The number of rotatable bonds is 17. The van der Waals surface area contributed by atoms with Crippen molar-refractivity contribution in [2.45, 2.75) is 129 Å². The number of hydrogen-bond acceptors (Lipinski definition) is 15. The molecular formula is C34H50N7O11P. The molecule has 0 amide bonds. The molecule has 0 aromatic carbocycles. The van der Waals surface area contributed by atoms with Gasteiger partial charge in [-0.1, -0.05) is 33.1 Å². The van der Waals surface area contributed by atoms with Crippen LogP contribution in [0, 0.1) is 17.2 Å². The van der Waals surface area contributed by atoms with E-state index in [2.05, 4.69) is 20.3 Å². The van der Waals surface area contributed by atoms with Crippen molar-refractivity contribution in [1.82, 2.24) is 24.8 Å². The lowest BCUT2D eigenvalue weighted by Crippen LogP contribution is -2.50. The van der Waals surface area contributed by atoms with Crippen LogP contribution in [0.4, 0.5) is 5.82 Å². The summed E-state index contributed by atoms with van der Waals surface area (Å²) in [6.07, 6.45) is 2.35. The first kappa shape index (κ1) is 41.6. The Hall–Kier alpha value is -4.14. The number of ether oxygens (including phenoxy) is 5. The number of esters is 4. The van der Waals surface area contributed by atoms with Gasteiger partial charge in [-0.05, 0) is 57.6 Å². The Bertz CT molecular complexity index is 1710. The highest BCUT2D eigenvalue weighted by atomic mass is 31.2. The van der Waals surface area contributed by atoms with Gasteiger partial charge in [0, 0.05) is 13.8 Å². The summed E-state index contributed by atoms with van der Waals surface area (Å²) < 4.78 is 50.6. The van der Waals surface area contributed by atoms with Crippen LogP contribution in [0.1, 0.15) is 98.3 Å². The highest BCUT2D eigenvalue weighted by Gasteiger charge is 2.62. The van der Waals surface area contributed by atoms with E-state index in [1.807, 2.05) is 19.9 Å². The highest BCUT2D eigenvalue weighted by Crippen LogP contribution is 2.47. The lowest BCUT2D eigenvalue weighted by molar-refractivity contribution is -0.166. The molecule has 3 heterocycles. The number of nitrogens with one attached hydrogen (secondary N) is 2. The molecule has 19 heteroatoms. The Kier molecular flexibility index (Phi) is 14.3. The van der Waals surface area contributed by atoms with Gasteiger partial charge in [0.1, 0.15) is 48.8 Å². The third-order valence-electron chi connectivity index (χ3n) is 9.33. The van der Waals surface area contributed by atoms with Crippen LogP contribution in [0.25, 0.3) is 5.52 Å². The highest BCUT2D eigenvalue weighted by molar-refractivity contribution is 7.54. The molecule has 1 unspecified atom stereocenters. The second kappa shape index (κ2) is 18.3. The molecule has 0 radical (unpaired) electrons. The number of nitriles is 1. The topological polar surface area (TPSA) is 245 Å². The normalized spacial score (nSPS) is 24.2. The molecule has 2 fully saturated rings. The first-order valence-corrected chi connectivity index (χ1v) is 19.5. The van der Waals surface area contributed by atoms with Crippen LogP contribution < -0.4 is 15.9 Å². The number of nitrogens with two attached hydrogens (primary N) is 1. The van der Waals surface area contributed by atoms with E-state index >= 15 is 0 Å². The van der Waals surface area contributed by atoms with Gasteiger partial charge >= 0.3 is 31.5 Å². The Morgan fingerprint density at radius 3 is 2.28 bits per heavy atom. The SMILES string of the molecule is CCC(CC)COC(=O)[C@H](C)NP(=O)(N[C@@H](C)C(=O)OC1CCCCC1)OC[C@@]1(C#N)O[C@@H](c2ccc3c(N)ncnn23)[C@H](OC(C)=O)[C@@H]1OC(C)=O. The van der Waals surface area contributed by atoms with Gasteiger partial charge in [-0.2, -0.15) is 10.4 Å². The summed E-state index contributed by atoms with van der Waals surface area (Å²) in [4.78, 5) is 55.0. The van der Waals surface area contributed by atoms with Crippen LogP contribution in [0.15, 0.2) is 18.5 Å². The van der Waals surface area contributed by atoms with Gasteiger partial charge in [-0.15, -0.1) is 0 Å². The second-order valence-corrected chi connectivity index (χ2v) is 15.3. The predicted octanol–water partition coefficient (Wildman–Crippen LogP) is 3.44. The van der Waals surface area contributed by atoms with Crippen LogP contribution in [0.5, 0.6) is 0 Å². The molecule has 0 spiro atoms. The number of anilines is 1. The molecule has 0 bridgehead atoms. The van der Waals surface area contributed by atoms with Gasteiger partial charge < -0.3 is 33.9 Å². The fourth-order valence-electron chi connectivity index (χ4n) is 6.31. The van der Waals surface area contributed by atoms with Crippen LogP contribution in [0.2, 0.25) is 0 Å². The van der Waals surface area contributed by atoms with Crippen molar-refractivity contribution in [2.24, 2.45) is 5.92 Å². The minimum absolute atomic E-state index is 0.119. The lowest BCUT2D eigenvalue weighted by Gasteiger charge is -2.32. The molecule has 4 rings (SSSR count). The largest absolute Gasteiger partial charge is 0.464 e. The Labute approximate surface area is 308 Å². The van der Waals surface area contributed by atoms with E-state index in [1.165, 1.54) is 24.7 Å². The minimum atomic E-state index is -4.52. The molecule has 4 N–H and O–H groups in total. The summed E-state index contributed by atoms with van der Waals surface area (Å²) in [6, 6.07) is 2.67. The smallest absolute Gasteiger partial charge is 0.342 e. The van der Waals surface area contributed by atoms with Gasteiger partial charge in [-0.25, -0.2) is 19.7 Å². The van der Waals surface area contributed by atoms with Crippen LogP contribution in [0.3, 0.4) is 0 Å². The van der Waals surface area contributed by atoms with Crippen molar-refractivity contribution in [3.05, 3.63) is 24.2 Å². The molecule has 53 heavy (non-hydrogen) atoms. The van der Waals surface area contributed by atoms with E-state index in [1.54, 1.807) is 12.1 Å². The summed E-state index contributed by atoms with van der Waals surface area (Å²) in [5.41, 5.74) is 4.37. The number of nitrogen functional groups attached to an aromatic ring is 1. The van der Waals surface area contributed by atoms with Crippen LogP contribution in [-0.2, 0) is 52.0 Å². The van der Waals surface area contributed by atoms with Gasteiger partial charge in [0.25, 0.3) is 0 Å². The molecule has 292 valence electrons. The standard InChI is InChI=1S/C34H50N7O11P/c1-7-24(8-2)16-47-32(44)20(3)39-53(46,40-21(4)33(45)51-25-12-10-9-11-13-25)48-18-34(17-35)30(50-23(6)43)29(49-22(5)42)28(52-34)26-14-15-27-31(36)37-19-38-41(26)27/h14-15,19-21,24-25,28-30H,7-13,16,18H2,1-6H3,(H2,36,37,38)(H2,39,40,46)/t20-,21-,28-,29-,30-,34+,53?/m0/s1. The monoisotopic (exact) mass is 763 g/mol. The average Bonchev–Trinajstić information content (AvgIpc) is 3.67. The Morgan fingerprint density at radius 2 is 1.68 bits per heavy atom. The van der Waals surface area contributed by atoms with E-state index in [-0.39, 0.29) is 30.1 Å². The number of aromatic nitrogens is 3. The van der Waals surface area contributed by atoms with Crippen molar-refractivity contribution < 1.29 is 52.0 Å². The molecule has 2 aromatic heterocycles. The average molecular weight is 764 g/mol. The predicted molar refractivity (Wildman–Crippen MR) is 187 cm³/mol. The number of carbonyl (C=O) groups excluding carboxylic acids is 4. The third kappa shape index (κ3) is 10.3. The van der Waals surface area contributed by atoms with Gasteiger partial charge in [-0.3, -0.25) is 23.7 Å². The molecule has 2 aromatic rings. The quantitative estimate of drug-likeness (QED) is 0.119. The number of hydrogen-bond donors (Lipinski definition) is 3. The summed E-state index contributed by atoms with van der Waals surface area (Å²) in [7, 11) is -4.52. The molecule has 1 saturated heterocycles. The number of nitrogens with zero attached hydrogens (tertiary/aromatic N) is 4. The molecule has 1 aliphatic heterocycles. The van der Waals surface area contributed by atoms with E-state index in [0.29, 0.717) is 18.4 Å². The molecule has 1 saturated carbocycles. The molecule has 2 aliphatic rings. The number of fused-ring (bicyclic) bond motifs is 1. The summed E-state index contributed by atoms with van der Waals surface area (Å²) >= 11 is 0. The fraction of sp³-hybridized carbons (Fsp3) is 0.676. The van der Waals surface area contributed by atoms with Crippen molar-refractivity contribution in [1.29, 1.82) is 5.26 Å². The van der Waals surface area contributed by atoms with E-state index < -0.39 is 74.2 Å². The maximum absolute atomic E-state index is 14.7. The Balaban J connectivity index is 1.67. The zero-order valence-electron chi connectivity index (χ0n) is 30.9. The summed E-state index contributed by atoms with van der Waals surface area (Å²) in [5.74, 6) is -2.83. The number of carbonyl (C=O) groups is 4. The maximum Gasteiger partial charge on any atom is 0.342 e. The van der Waals surface area contributed by atoms with Gasteiger partial charge in [0.05, 0.1) is 12.3 Å². The molecule has 18 nitrogen and oxygen atoms in total. The zero-order valence-corrected chi connectivity index (χ0v) is 31.8. The van der Waals surface area contributed by atoms with E-state index in [0.717, 1.165) is 46.0 Å². The lowest BCUT2D eigenvalue weighted by atomic mass is 9.95. The second-order valence-electron chi connectivity index (χ2n) is 13.4. The molecule has 1 aliphatic carbocycles. The van der Waals surface area contributed by atoms with Crippen molar-refractivity contribution >= 4 is 42.9 Å². The summed E-state index contributed by atoms with van der Waals surface area (Å²) in [5, 5.41) is 20.2. The zero-order chi connectivity index (χ0) is 38.9. The van der Waals surface area contributed by atoms with Crippen molar-refractivity contribution in [3.63, 3.8) is 0 Å². The molecular weight excluding hydrogens is 713 g/mol. The van der Waals surface area contributed by atoms with E-state index in [9.17, 15) is 29.0 Å². The summed E-state index contributed by atoms with van der Waals surface area (Å²) in [6.45, 7) is 8.25. The van der Waals surface area contributed by atoms with Crippen LogP contribution >= 0.6 is 7.67 Å². The maximum atomic E-state index is 14.7. The van der Waals surface area contributed by atoms with E-state index in [4.69, 9.17) is 33.9 Å². The Morgan fingerprint density at radius 1 is 1.04 bits per heavy atom. The first-order chi connectivity index (χ1) is 25.2. The first-order valence-electron chi connectivity index (χ1n) is 17.8. The minimum Gasteiger partial charge on any atom is -0.464 e.